The highest BCUT2D eigenvalue weighted by Gasteiger charge is 2.44. The molecule has 1 atom stereocenters. The summed E-state index contributed by atoms with van der Waals surface area (Å²) in [6.45, 7) is 7.49. The van der Waals surface area contributed by atoms with Gasteiger partial charge >= 0.3 is 0 Å². The summed E-state index contributed by atoms with van der Waals surface area (Å²) in [5.41, 5.74) is 5.59. The minimum Gasteiger partial charge on any atom is -0.508 e. The van der Waals surface area contributed by atoms with Crippen LogP contribution in [0.4, 0.5) is 0 Å². The number of rotatable bonds is 5. The molecule has 2 aliphatic carbocycles. The van der Waals surface area contributed by atoms with Crippen molar-refractivity contribution in [2.75, 3.05) is 6.54 Å². The fourth-order valence-electron chi connectivity index (χ4n) is 4.37. The van der Waals surface area contributed by atoms with Gasteiger partial charge in [0.15, 0.2) is 0 Å². The van der Waals surface area contributed by atoms with E-state index >= 15 is 0 Å². The van der Waals surface area contributed by atoms with Crippen LogP contribution in [0.1, 0.15) is 52.0 Å². The molecule has 1 aromatic carbocycles. The van der Waals surface area contributed by atoms with Crippen molar-refractivity contribution < 1.29 is 5.11 Å². The number of aliphatic hydroxyl groups is 1. The molecule has 1 aliphatic heterocycles. The van der Waals surface area contributed by atoms with Crippen molar-refractivity contribution in [1.29, 1.82) is 0 Å². The minimum atomic E-state index is 0.0506. The largest absolute Gasteiger partial charge is 0.508 e. The van der Waals surface area contributed by atoms with E-state index < -0.39 is 0 Å². The minimum absolute atomic E-state index is 0.0506. The van der Waals surface area contributed by atoms with E-state index in [9.17, 15) is 5.11 Å². The van der Waals surface area contributed by atoms with Gasteiger partial charge in [0.2, 0.25) is 0 Å². The number of hydrogen-bond acceptors (Lipinski definition) is 3. The highest BCUT2D eigenvalue weighted by Crippen LogP contribution is 2.48. The number of nitrogens with one attached hydrogen (secondary N) is 2. The van der Waals surface area contributed by atoms with E-state index in [-0.39, 0.29) is 11.3 Å². The molecule has 0 saturated heterocycles. The van der Waals surface area contributed by atoms with Crippen LogP contribution in [0.25, 0.3) is 0 Å². The Balaban J connectivity index is 1.57. The molecule has 1 saturated carbocycles. The summed E-state index contributed by atoms with van der Waals surface area (Å²) in [7, 11) is 0. The molecule has 0 amide bonds. The average molecular weight is 351 g/mol. The highest BCUT2D eigenvalue weighted by atomic mass is 16.3. The number of aliphatic hydroxyl groups excluding tert-OH is 1. The zero-order chi connectivity index (χ0) is 18.3. The number of fused-ring (bicyclic) bond motifs is 1. The number of allylic oxidation sites excluding steroid dienone is 4. The predicted molar refractivity (Wildman–Crippen MR) is 106 cm³/mol. The zero-order valence-corrected chi connectivity index (χ0v) is 16.1. The average Bonchev–Trinajstić information content (AvgIpc) is 3.45. The second-order valence-corrected chi connectivity index (χ2v) is 8.36. The van der Waals surface area contributed by atoms with Crippen LogP contribution in [-0.4, -0.2) is 11.7 Å². The molecule has 1 unspecified atom stereocenters. The molecule has 1 heterocycles. The molecule has 138 valence electrons. The summed E-state index contributed by atoms with van der Waals surface area (Å²) < 4.78 is 0. The van der Waals surface area contributed by atoms with E-state index in [4.69, 9.17) is 0 Å². The van der Waals surface area contributed by atoms with E-state index in [1.165, 1.54) is 35.2 Å². The Labute approximate surface area is 156 Å². The van der Waals surface area contributed by atoms with Crippen LogP contribution >= 0.6 is 0 Å². The van der Waals surface area contributed by atoms with E-state index in [1.54, 1.807) is 0 Å². The van der Waals surface area contributed by atoms with Gasteiger partial charge in [-0.1, -0.05) is 57.2 Å². The summed E-state index contributed by atoms with van der Waals surface area (Å²) in [6.07, 6.45) is 6.89. The lowest BCUT2D eigenvalue weighted by Crippen LogP contribution is -2.39. The van der Waals surface area contributed by atoms with Gasteiger partial charge in [0, 0.05) is 23.6 Å². The standard InChI is InChI=1S/C23H30N2O/c1-15(2)18-10-7-11-19-16(3)21(26)22(25-20(18)19)24-14-23(12-13-23)17-8-5-4-6-9-17/h4-6,8-9,11,15-16,24-26H,7,10,12-14H2,1-3H3. The van der Waals surface area contributed by atoms with Crippen molar-refractivity contribution in [2.24, 2.45) is 11.8 Å². The molecular weight excluding hydrogens is 320 g/mol. The predicted octanol–water partition coefficient (Wildman–Crippen LogP) is 4.90. The van der Waals surface area contributed by atoms with Crippen molar-refractivity contribution in [2.45, 2.75) is 51.9 Å². The molecule has 0 spiro atoms. The van der Waals surface area contributed by atoms with Crippen molar-refractivity contribution in [1.82, 2.24) is 10.6 Å². The van der Waals surface area contributed by atoms with E-state index in [0.717, 1.165) is 25.2 Å². The molecule has 4 rings (SSSR count). The van der Waals surface area contributed by atoms with Crippen LogP contribution in [-0.2, 0) is 5.41 Å². The fourth-order valence-corrected chi connectivity index (χ4v) is 4.37. The SMILES string of the molecule is CC(C)C1=C2NC(NCC3(c4ccccc4)CC3)=C(O)C(C)C2=CCC1. The summed E-state index contributed by atoms with van der Waals surface area (Å²) >= 11 is 0. The normalized spacial score (nSPS) is 24.2. The van der Waals surface area contributed by atoms with E-state index in [1.807, 2.05) is 0 Å². The van der Waals surface area contributed by atoms with Gasteiger partial charge in [-0.3, -0.25) is 0 Å². The maximum absolute atomic E-state index is 10.8. The van der Waals surface area contributed by atoms with Crippen molar-refractivity contribution >= 4 is 0 Å². The Morgan fingerprint density at radius 3 is 2.62 bits per heavy atom. The first kappa shape index (κ1) is 17.3. The first-order valence-corrected chi connectivity index (χ1v) is 9.95. The van der Waals surface area contributed by atoms with Gasteiger partial charge in [-0.25, -0.2) is 0 Å². The van der Waals surface area contributed by atoms with Gasteiger partial charge in [-0.05, 0) is 48.3 Å². The maximum Gasteiger partial charge on any atom is 0.142 e. The Morgan fingerprint density at radius 1 is 1.23 bits per heavy atom. The van der Waals surface area contributed by atoms with Gasteiger partial charge in [0.25, 0.3) is 0 Å². The lowest BCUT2D eigenvalue weighted by atomic mass is 9.81. The molecule has 1 aromatic rings. The van der Waals surface area contributed by atoms with Gasteiger partial charge in [-0.15, -0.1) is 0 Å². The van der Waals surface area contributed by atoms with E-state index in [0.29, 0.717) is 11.7 Å². The molecule has 3 heteroatoms. The van der Waals surface area contributed by atoms with Crippen LogP contribution in [0.3, 0.4) is 0 Å². The smallest absolute Gasteiger partial charge is 0.142 e. The molecule has 1 fully saturated rings. The van der Waals surface area contributed by atoms with Crippen LogP contribution in [0.15, 0.2) is 64.8 Å². The summed E-state index contributed by atoms with van der Waals surface area (Å²) in [5, 5.41) is 17.9. The fraction of sp³-hybridized carbons (Fsp3) is 0.478. The molecule has 0 bridgehead atoms. The number of hydrogen-bond donors (Lipinski definition) is 3. The topological polar surface area (TPSA) is 44.3 Å². The Kier molecular flexibility index (Phi) is 4.34. The molecule has 3 nitrogen and oxygen atoms in total. The first-order chi connectivity index (χ1) is 12.5. The van der Waals surface area contributed by atoms with Crippen molar-refractivity contribution in [3.8, 4) is 0 Å². The molecule has 3 N–H and O–H groups in total. The molecule has 3 aliphatic rings. The molecule has 0 aromatic heterocycles. The van der Waals surface area contributed by atoms with Crippen molar-refractivity contribution in [3.05, 3.63) is 70.4 Å². The van der Waals surface area contributed by atoms with Crippen LogP contribution in [0.2, 0.25) is 0 Å². The Morgan fingerprint density at radius 2 is 1.96 bits per heavy atom. The second-order valence-electron chi connectivity index (χ2n) is 8.36. The molecular formula is C23H30N2O. The second kappa shape index (κ2) is 6.53. The monoisotopic (exact) mass is 350 g/mol. The summed E-state index contributed by atoms with van der Waals surface area (Å²) in [4.78, 5) is 0. The van der Waals surface area contributed by atoms with Gasteiger partial charge < -0.3 is 15.7 Å². The number of benzene rings is 1. The third kappa shape index (κ3) is 2.94. The Hall–Kier alpha value is -2.16. The molecule has 26 heavy (non-hydrogen) atoms. The summed E-state index contributed by atoms with van der Waals surface area (Å²) in [5.74, 6) is 1.81. The zero-order valence-electron chi connectivity index (χ0n) is 16.1. The maximum atomic E-state index is 10.8. The first-order valence-electron chi connectivity index (χ1n) is 9.95. The summed E-state index contributed by atoms with van der Waals surface area (Å²) in [6, 6.07) is 10.8. The highest BCUT2D eigenvalue weighted by molar-refractivity contribution is 5.47. The van der Waals surface area contributed by atoms with E-state index in [2.05, 4.69) is 67.8 Å². The third-order valence-corrected chi connectivity index (χ3v) is 6.31. The van der Waals surface area contributed by atoms with Gasteiger partial charge in [0.05, 0.1) is 0 Å². The van der Waals surface area contributed by atoms with Crippen molar-refractivity contribution in [3.63, 3.8) is 0 Å². The Bertz CT molecular complexity index is 782. The lowest BCUT2D eigenvalue weighted by molar-refractivity contribution is 0.329. The van der Waals surface area contributed by atoms with Crippen LogP contribution in [0.5, 0.6) is 0 Å². The van der Waals surface area contributed by atoms with Gasteiger partial charge in [0.1, 0.15) is 11.6 Å². The molecule has 0 radical (unpaired) electrons. The lowest BCUT2D eigenvalue weighted by Gasteiger charge is -2.35. The quantitative estimate of drug-likeness (QED) is 0.707. The van der Waals surface area contributed by atoms with Crippen LogP contribution in [0, 0.1) is 11.8 Å². The van der Waals surface area contributed by atoms with Gasteiger partial charge in [-0.2, -0.15) is 0 Å². The van der Waals surface area contributed by atoms with Crippen LogP contribution < -0.4 is 10.6 Å². The third-order valence-electron chi connectivity index (χ3n) is 6.31.